The zero-order valence-corrected chi connectivity index (χ0v) is 17.2. The van der Waals surface area contributed by atoms with E-state index in [-0.39, 0.29) is 6.61 Å². The Kier molecular flexibility index (Phi) is 6.83. The fourth-order valence-corrected chi connectivity index (χ4v) is 4.56. The number of aliphatic hydroxyl groups is 3. The largest absolute Gasteiger partial charge is 0.392 e. The zero-order chi connectivity index (χ0) is 21.0. The Hall–Kier alpha value is -1.80. The Labute approximate surface area is 177 Å². The van der Waals surface area contributed by atoms with E-state index in [4.69, 9.17) is 9.47 Å². The van der Waals surface area contributed by atoms with E-state index >= 15 is 0 Å². The third-order valence-electron chi connectivity index (χ3n) is 6.32. The van der Waals surface area contributed by atoms with Gasteiger partial charge < -0.3 is 29.7 Å². The van der Waals surface area contributed by atoms with Crippen molar-refractivity contribution in [3.8, 4) is 0 Å². The van der Waals surface area contributed by atoms with Crippen LogP contribution in [0.5, 0.6) is 0 Å². The minimum absolute atomic E-state index is 0.0367. The Morgan fingerprint density at radius 1 is 0.867 bits per heavy atom. The molecule has 4 rings (SSSR count). The van der Waals surface area contributed by atoms with Crippen molar-refractivity contribution in [1.82, 2.24) is 4.90 Å². The van der Waals surface area contributed by atoms with Crippen molar-refractivity contribution in [3.05, 3.63) is 71.3 Å². The van der Waals surface area contributed by atoms with Crippen LogP contribution in [0.2, 0.25) is 0 Å². The molecule has 3 unspecified atom stereocenters. The van der Waals surface area contributed by atoms with E-state index in [9.17, 15) is 15.3 Å². The molecule has 3 N–H and O–H groups in total. The van der Waals surface area contributed by atoms with Crippen LogP contribution in [-0.4, -0.2) is 65.0 Å². The van der Waals surface area contributed by atoms with Crippen molar-refractivity contribution < 1.29 is 24.8 Å². The highest BCUT2D eigenvalue weighted by molar-refractivity contribution is 5.30. The van der Waals surface area contributed by atoms with Crippen LogP contribution in [0.4, 0.5) is 0 Å². The Morgan fingerprint density at radius 3 is 2.10 bits per heavy atom. The van der Waals surface area contributed by atoms with Crippen LogP contribution in [-0.2, 0) is 16.1 Å². The number of hydrogen-bond acceptors (Lipinski definition) is 6. The number of rotatable bonds is 7. The fourth-order valence-electron chi connectivity index (χ4n) is 4.56. The van der Waals surface area contributed by atoms with Gasteiger partial charge in [-0.2, -0.15) is 0 Å². The molecule has 0 aliphatic carbocycles. The van der Waals surface area contributed by atoms with Gasteiger partial charge in [0.2, 0.25) is 0 Å². The Morgan fingerprint density at radius 2 is 1.50 bits per heavy atom. The smallest absolute Gasteiger partial charge is 0.170 e. The second-order valence-corrected chi connectivity index (χ2v) is 8.26. The monoisotopic (exact) mass is 413 g/mol. The lowest BCUT2D eigenvalue weighted by Gasteiger charge is -2.39. The van der Waals surface area contributed by atoms with Gasteiger partial charge in [-0.15, -0.1) is 0 Å². The van der Waals surface area contributed by atoms with Crippen LogP contribution in [0.15, 0.2) is 54.6 Å². The van der Waals surface area contributed by atoms with E-state index in [1.54, 1.807) is 12.1 Å². The van der Waals surface area contributed by atoms with Gasteiger partial charge in [0.15, 0.2) is 5.79 Å². The first-order chi connectivity index (χ1) is 14.6. The van der Waals surface area contributed by atoms with E-state index in [0.29, 0.717) is 19.8 Å². The van der Waals surface area contributed by atoms with Gasteiger partial charge >= 0.3 is 0 Å². The molecule has 2 aliphatic rings. The molecular formula is C24H31NO5. The molecule has 0 bridgehead atoms. The second-order valence-electron chi connectivity index (χ2n) is 8.26. The van der Waals surface area contributed by atoms with Gasteiger partial charge in [0, 0.05) is 38.4 Å². The van der Waals surface area contributed by atoms with E-state index < -0.39 is 23.9 Å². The van der Waals surface area contributed by atoms with Crippen LogP contribution in [0.1, 0.15) is 41.6 Å². The number of β-amino-alcohol motifs (C(OH)–C–C–N with tert-alkyl or cyclic N) is 1. The molecule has 1 spiro atoms. The standard InChI is InChI=1S/C24H31NO5/c26-17-18-6-8-20(9-7-18)23(28)22(19-4-2-1-3-5-19)21(27)16-25-12-10-24(11-13-25)29-14-15-30-24/h1-9,21-23,26-28H,10-17H2. The van der Waals surface area contributed by atoms with E-state index in [1.807, 2.05) is 42.5 Å². The summed E-state index contributed by atoms with van der Waals surface area (Å²) in [5.41, 5.74) is 2.42. The molecule has 6 nitrogen and oxygen atoms in total. The topological polar surface area (TPSA) is 82.4 Å². The number of piperidine rings is 1. The van der Waals surface area contributed by atoms with Crippen molar-refractivity contribution in [2.45, 2.75) is 43.4 Å². The van der Waals surface area contributed by atoms with Gasteiger partial charge in [-0.3, -0.25) is 0 Å². The number of aliphatic hydroxyl groups excluding tert-OH is 3. The van der Waals surface area contributed by atoms with Crippen molar-refractivity contribution in [2.24, 2.45) is 0 Å². The maximum absolute atomic E-state index is 11.2. The minimum Gasteiger partial charge on any atom is -0.392 e. The van der Waals surface area contributed by atoms with Gasteiger partial charge in [0.25, 0.3) is 0 Å². The van der Waals surface area contributed by atoms with Gasteiger partial charge in [0.1, 0.15) is 0 Å². The lowest BCUT2D eigenvalue weighted by atomic mass is 9.84. The number of ether oxygens (including phenoxy) is 2. The summed E-state index contributed by atoms with van der Waals surface area (Å²) in [7, 11) is 0. The quantitative estimate of drug-likeness (QED) is 0.646. The predicted octanol–water partition coefficient (Wildman–Crippen LogP) is 2.20. The van der Waals surface area contributed by atoms with Crippen LogP contribution in [0.3, 0.4) is 0 Å². The molecule has 0 radical (unpaired) electrons. The summed E-state index contributed by atoms with van der Waals surface area (Å²) < 4.78 is 11.6. The molecule has 2 aromatic rings. The van der Waals surface area contributed by atoms with Gasteiger partial charge in [-0.1, -0.05) is 54.6 Å². The molecule has 0 aromatic heterocycles. The van der Waals surface area contributed by atoms with Crippen molar-refractivity contribution in [1.29, 1.82) is 0 Å². The highest BCUT2D eigenvalue weighted by Gasteiger charge is 2.40. The van der Waals surface area contributed by atoms with Crippen molar-refractivity contribution >= 4 is 0 Å². The molecule has 0 saturated carbocycles. The molecule has 30 heavy (non-hydrogen) atoms. The van der Waals surface area contributed by atoms with Crippen LogP contribution in [0.25, 0.3) is 0 Å². The van der Waals surface area contributed by atoms with Crippen molar-refractivity contribution in [2.75, 3.05) is 32.8 Å². The summed E-state index contributed by atoms with van der Waals surface area (Å²) in [6, 6.07) is 16.9. The zero-order valence-electron chi connectivity index (χ0n) is 17.2. The SMILES string of the molecule is OCc1ccc(C(O)C(c2ccccc2)C(O)CN2CCC3(CC2)OCCO3)cc1. The third kappa shape index (κ3) is 4.75. The molecule has 2 fully saturated rings. The molecular weight excluding hydrogens is 382 g/mol. The van der Waals surface area contributed by atoms with Gasteiger partial charge in [-0.25, -0.2) is 0 Å². The van der Waals surface area contributed by atoms with E-state index in [0.717, 1.165) is 42.6 Å². The summed E-state index contributed by atoms with van der Waals surface area (Å²) in [5.74, 6) is -0.894. The fraction of sp³-hybridized carbons (Fsp3) is 0.500. The summed E-state index contributed by atoms with van der Waals surface area (Å²) in [5, 5.41) is 31.7. The van der Waals surface area contributed by atoms with Gasteiger partial charge in [-0.05, 0) is 16.7 Å². The first-order valence-corrected chi connectivity index (χ1v) is 10.7. The molecule has 2 aromatic carbocycles. The number of nitrogens with zero attached hydrogens (tertiary/aromatic N) is 1. The number of hydrogen-bond donors (Lipinski definition) is 3. The molecule has 3 atom stereocenters. The first kappa shape index (κ1) is 21.4. The number of benzene rings is 2. The lowest BCUT2D eigenvalue weighted by molar-refractivity contribution is -0.186. The molecule has 0 amide bonds. The first-order valence-electron chi connectivity index (χ1n) is 10.7. The maximum Gasteiger partial charge on any atom is 0.170 e. The molecule has 162 valence electrons. The summed E-state index contributed by atoms with van der Waals surface area (Å²) in [4.78, 5) is 2.22. The minimum atomic E-state index is -0.854. The summed E-state index contributed by atoms with van der Waals surface area (Å²) in [6.45, 7) is 3.33. The maximum atomic E-state index is 11.2. The van der Waals surface area contributed by atoms with Crippen LogP contribution in [0, 0.1) is 0 Å². The predicted molar refractivity (Wildman–Crippen MR) is 113 cm³/mol. The van der Waals surface area contributed by atoms with Crippen molar-refractivity contribution in [3.63, 3.8) is 0 Å². The van der Waals surface area contributed by atoms with E-state index in [1.165, 1.54) is 0 Å². The second kappa shape index (κ2) is 9.56. The average Bonchev–Trinajstić information content (AvgIpc) is 3.24. The Balaban J connectivity index is 1.48. The van der Waals surface area contributed by atoms with Crippen LogP contribution >= 0.6 is 0 Å². The molecule has 2 aliphatic heterocycles. The van der Waals surface area contributed by atoms with Crippen LogP contribution < -0.4 is 0 Å². The molecule has 6 heteroatoms. The highest BCUT2D eigenvalue weighted by Crippen LogP contribution is 2.36. The number of likely N-dealkylation sites (tertiary alicyclic amines) is 1. The Bertz CT molecular complexity index is 781. The molecule has 2 saturated heterocycles. The average molecular weight is 414 g/mol. The summed E-state index contributed by atoms with van der Waals surface area (Å²) >= 11 is 0. The highest BCUT2D eigenvalue weighted by atomic mass is 16.7. The normalized spacial score (nSPS) is 22.1. The molecule has 2 heterocycles. The van der Waals surface area contributed by atoms with E-state index in [2.05, 4.69) is 4.90 Å². The lowest BCUT2D eigenvalue weighted by Crippen LogP contribution is -2.48. The summed E-state index contributed by atoms with van der Waals surface area (Å²) in [6.07, 6.45) is -0.00548. The third-order valence-corrected chi connectivity index (χ3v) is 6.32. The van der Waals surface area contributed by atoms with Gasteiger partial charge in [0.05, 0.1) is 32.0 Å².